The second-order valence-corrected chi connectivity index (χ2v) is 7.63. The first-order valence-electron chi connectivity index (χ1n) is 8.88. The molecule has 2 heteroatoms. The molecule has 3 unspecified atom stereocenters. The molecule has 4 fully saturated rings. The minimum atomic E-state index is 0.763. The summed E-state index contributed by atoms with van der Waals surface area (Å²) in [6.45, 7) is 2.67. The summed E-state index contributed by atoms with van der Waals surface area (Å²) in [7, 11) is 0. The van der Waals surface area contributed by atoms with Crippen molar-refractivity contribution in [2.75, 3.05) is 13.1 Å². The molecule has 1 N–H and O–H groups in total. The largest absolute Gasteiger partial charge is 0.312 e. The molecule has 108 valence electrons. The van der Waals surface area contributed by atoms with Gasteiger partial charge in [-0.25, -0.2) is 0 Å². The molecule has 0 bridgehead atoms. The number of hydrogen-bond acceptors (Lipinski definition) is 2. The molecule has 0 radical (unpaired) electrons. The van der Waals surface area contributed by atoms with Crippen LogP contribution in [-0.2, 0) is 0 Å². The molecule has 19 heavy (non-hydrogen) atoms. The van der Waals surface area contributed by atoms with Crippen molar-refractivity contribution in [3.05, 3.63) is 0 Å². The van der Waals surface area contributed by atoms with E-state index < -0.39 is 0 Å². The van der Waals surface area contributed by atoms with Crippen LogP contribution < -0.4 is 5.32 Å². The van der Waals surface area contributed by atoms with Crippen LogP contribution in [0.15, 0.2) is 0 Å². The fourth-order valence-corrected chi connectivity index (χ4v) is 5.71. The Hall–Kier alpha value is -0.0800. The molecule has 0 aromatic carbocycles. The lowest BCUT2D eigenvalue weighted by Crippen LogP contribution is -2.60. The smallest absolute Gasteiger partial charge is 0.0252 e. The maximum absolute atomic E-state index is 3.78. The number of likely N-dealkylation sites (tertiary alicyclic amines) is 1. The minimum Gasteiger partial charge on any atom is -0.312 e. The first kappa shape index (κ1) is 12.6. The summed E-state index contributed by atoms with van der Waals surface area (Å²) in [5.41, 5.74) is 0.763. The molecule has 2 aliphatic heterocycles. The highest BCUT2D eigenvalue weighted by atomic mass is 15.3. The lowest BCUT2D eigenvalue weighted by atomic mass is 9.56. The first-order chi connectivity index (χ1) is 9.39. The number of nitrogens with zero attached hydrogens (tertiary/aromatic N) is 1. The second-order valence-electron chi connectivity index (χ2n) is 7.63. The Kier molecular flexibility index (Phi) is 3.35. The average Bonchev–Trinajstić information content (AvgIpc) is 3.09. The quantitative estimate of drug-likeness (QED) is 0.821. The standard InChI is InChI=1S/C17H30N2/c1-2-9-17(10-3-1)11-8-16(17)19-13-5-7-15(19)14-6-4-12-18-14/h14-16,18H,1-13H2. The molecule has 0 amide bonds. The lowest BCUT2D eigenvalue weighted by molar-refractivity contribution is -0.0623. The zero-order valence-electron chi connectivity index (χ0n) is 12.4. The van der Waals surface area contributed by atoms with Gasteiger partial charge in [-0.05, 0) is 69.9 Å². The van der Waals surface area contributed by atoms with E-state index in [1.54, 1.807) is 19.3 Å². The Labute approximate surface area is 118 Å². The molecule has 1 spiro atoms. The predicted molar refractivity (Wildman–Crippen MR) is 79.3 cm³/mol. The van der Waals surface area contributed by atoms with Crippen LogP contribution in [0.3, 0.4) is 0 Å². The number of nitrogens with one attached hydrogen (secondary N) is 1. The molecule has 0 aromatic heterocycles. The van der Waals surface area contributed by atoms with Crippen molar-refractivity contribution in [1.29, 1.82) is 0 Å². The third-order valence-electron chi connectivity index (χ3n) is 6.78. The Morgan fingerprint density at radius 1 is 0.842 bits per heavy atom. The molecule has 0 aromatic rings. The van der Waals surface area contributed by atoms with Gasteiger partial charge < -0.3 is 5.32 Å². The van der Waals surface area contributed by atoms with E-state index >= 15 is 0 Å². The van der Waals surface area contributed by atoms with Gasteiger partial charge in [-0.15, -0.1) is 0 Å². The van der Waals surface area contributed by atoms with Crippen LogP contribution in [0.4, 0.5) is 0 Å². The topological polar surface area (TPSA) is 15.3 Å². The third-order valence-corrected chi connectivity index (χ3v) is 6.78. The van der Waals surface area contributed by atoms with E-state index in [1.807, 2.05) is 0 Å². The van der Waals surface area contributed by atoms with Gasteiger partial charge in [0.05, 0.1) is 0 Å². The highest BCUT2D eigenvalue weighted by Gasteiger charge is 2.52. The van der Waals surface area contributed by atoms with Gasteiger partial charge in [-0.3, -0.25) is 4.90 Å². The molecule has 2 saturated carbocycles. The van der Waals surface area contributed by atoms with Crippen LogP contribution in [0.2, 0.25) is 0 Å². The van der Waals surface area contributed by atoms with Gasteiger partial charge >= 0.3 is 0 Å². The van der Waals surface area contributed by atoms with Crippen LogP contribution in [0.25, 0.3) is 0 Å². The Morgan fingerprint density at radius 2 is 1.74 bits per heavy atom. The van der Waals surface area contributed by atoms with E-state index in [2.05, 4.69) is 10.2 Å². The Morgan fingerprint density at radius 3 is 2.42 bits per heavy atom. The molecule has 2 nitrogen and oxygen atoms in total. The van der Waals surface area contributed by atoms with Crippen molar-refractivity contribution < 1.29 is 0 Å². The van der Waals surface area contributed by atoms with Gasteiger partial charge in [-0.1, -0.05) is 19.3 Å². The van der Waals surface area contributed by atoms with Gasteiger partial charge in [0.15, 0.2) is 0 Å². The maximum atomic E-state index is 3.78. The van der Waals surface area contributed by atoms with Crippen molar-refractivity contribution in [2.45, 2.75) is 88.8 Å². The maximum Gasteiger partial charge on any atom is 0.0252 e. The van der Waals surface area contributed by atoms with Crippen molar-refractivity contribution >= 4 is 0 Å². The molecule has 2 aliphatic carbocycles. The van der Waals surface area contributed by atoms with Gasteiger partial charge in [-0.2, -0.15) is 0 Å². The molecule has 4 aliphatic rings. The van der Waals surface area contributed by atoms with Crippen LogP contribution >= 0.6 is 0 Å². The molecule has 2 saturated heterocycles. The average molecular weight is 262 g/mol. The van der Waals surface area contributed by atoms with E-state index in [0.717, 1.165) is 23.5 Å². The second kappa shape index (κ2) is 5.04. The van der Waals surface area contributed by atoms with E-state index in [-0.39, 0.29) is 0 Å². The van der Waals surface area contributed by atoms with Crippen molar-refractivity contribution in [3.8, 4) is 0 Å². The molecule has 2 heterocycles. The highest BCUT2D eigenvalue weighted by Crippen LogP contribution is 2.55. The predicted octanol–water partition coefficient (Wildman–Crippen LogP) is 3.32. The summed E-state index contributed by atoms with van der Waals surface area (Å²) < 4.78 is 0. The fourth-order valence-electron chi connectivity index (χ4n) is 5.71. The van der Waals surface area contributed by atoms with Crippen LogP contribution in [0.1, 0.15) is 70.6 Å². The summed E-state index contributed by atoms with van der Waals surface area (Å²) in [6.07, 6.45) is 16.4. The first-order valence-corrected chi connectivity index (χ1v) is 8.88. The van der Waals surface area contributed by atoms with Gasteiger partial charge in [0.25, 0.3) is 0 Å². The van der Waals surface area contributed by atoms with Crippen molar-refractivity contribution in [3.63, 3.8) is 0 Å². The van der Waals surface area contributed by atoms with E-state index in [1.165, 1.54) is 64.5 Å². The number of hydrogen-bond donors (Lipinski definition) is 1. The van der Waals surface area contributed by atoms with E-state index in [4.69, 9.17) is 0 Å². The van der Waals surface area contributed by atoms with Crippen LogP contribution in [0, 0.1) is 5.41 Å². The highest BCUT2D eigenvalue weighted by molar-refractivity contribution is 5.06. The molecule has 4 rings (SSSR count). The summed E-state index contributed by atoms with van der Waals surface area (Å²) in [5, 5.41) is 3.78. The van der Waals surface area contributed by atoms with Crippen molar-refractivity contribution in [1.82, 2.24) is 10.2 Å². The zero-order chi connectivity index (χ0) is 12.7. The molecule has 3 atom stereocenters. The Balaban J connectivity index is 1.48. The summed E-state index contributed by atoms with van der Waals surface area (Å²) in [5.74, 6) is 0. The summed E-state index contributed by atoms with van der Waals surface area (Å²) in [4.78, 5) is 2.97. The Bertz CT molecular complexity index is 315. The monoisotopic (exact) mass is 262 g/mol. The fraction of sp³-hybridized carbons (Fsp3) is 1.00. The lowest BCUT2D eigenvalue weighted by Gasteiger charge is -2.57. The van der Waals surface area contributed by atoms with Gasteiger partial charge in [0.2, 0.25) is 0 Å². The van der Waals surface area contributed by atoms with E-state index in [9.17, 15) is 0 Å². The summed E-state index contributed by atoms with van der Waals surface area (Å²) in [6, 6.07) is 2.66. The van der Waals surface area contributed by atoms with E-state index in [0.29, 0.717) is 0 Å². The third kappa shape index (κ3) is 2.06. The van der Waals surface area contributed by atoms with Crippen LogP contribution in [0.5, 0.6) is 0 Å². The van der Waals surface area contributed by atoms with Crippen molar-refractivity contribution in [2.24, 2.45) is 5.41 Å². The number of rotatable bonds is 2. The SMILES string of the molecule is C1CCC2(CC1)CCC2N1CCCC1C1CCCN1. The zero-order valence-corrected chi connectivity index (χ0v) is 12.4. The normalized spacial score (nSPS) is 42.6. The molecular weight excluding hydrogens is 232 g/mol. The minimum absolute atomic E-state index is 0.763. The van der Waals surface area contributed by atoms with Gasteiger partial charge in [0.1, 0.15) is 0 Å². The summed E-state index contributed by atoms with van der Waals surface area (Å²) >= 11 is 0. The molecular formula is C17H30N2. The van der Waals surface area contributed by atoms with Gasteiger partial charge in [0, 0.05) is 18.1 Å². The van der Waals surface area contributed by atoms with Crippen LogP contribution in [-0.4, -0.2) is 36.1 Å².